The summed E-state index contributed by atoms with van der Waals surface area (Å²) in [5.74, 6) is -0.817. The highest BCUT2D eigenvalue weighted by Crippen LogP contribution is 2.49. The first-order chi connectivity index (χ1) is 15.2. The molecule has 33 heavy (non-hydrogen) atoms. The zero-order valence-electron chi connectivity index (χ0n) is 16.4. The lowest BCUT2D eigenvalue weighted by Crippen LogP contribution is -2.46. The molecule has 15 heteroatoms. The van der Waals surface area contributed by atoms with Crippen LogP contribution in [0.2, 0.25) is 10.0 Å². The molecule has 1 aliphatic rings. The Kier molecular flexibility index (Phi) is 7.18. The molecule has 0 aliphatic carbocycles. The number of benzene rings is 1. The molecule has 1 aromatic heterocycles. The van der Waals surface area contributed by atoms with Crippen LogP contribution < -0.4 is 10.6 Å². The van der Waals surface area contributed by atoms with Gasteiger partial charge in [-0.3, -0.25) is 10.1 Å². The van der Waals surface area contributed by atoms with Crippen molar-refractivity contribution in [2.45, 2.75) is 37.5 Å². The zero-order chi connectivity index (χ0) is 24.6. The maximum atomic E-state index is 14.0. The molecule has 1 aliphatic heterocycles. The summed E-state index contributed by atoms with van der Waals surface area (Å²) in [6.07, 6.45) is -11.2. The van der Waals surface area contributed by atoms with Gasteiger partial charge in [0.15, 0.2) is 0 Å². The van der Waals surface area contributed by atoms with Crippen LogP contribution in [-0.4, -0.2) is 41.7 Å². The van der Waals surface area contributed by atoms with E-state index in [-0.39, 0.29) is 32.0 Å². The SMILES string of the molecule is CC(NCC(F)(F)F)NC(=O)c1csc(C2=NOC(c3cc(Cl)cc(Cl)c3)(C(F)(F)F)C2)n1. The first kappa shape index (κ1) is 25.5. The second-order valence-corrected chi connectivity index (χ2v) is 8.75. The molecular formula is C18H14Cl2F6N4O2S. The number of amides is 1. The van der Waals surface area contributed by atoms with Crippen molar-refractivity contribution in [3.63, 3.8) is 0 Å². The molecule has 0 saturated heterocycles. The Balaban J connectivity index is 1.76. The lowest BCUT2D eigenvalue weighted by atomic mass is 9.88. The Labute approximate surface area is 196 Å². The molecule has 0 fully saturated rings. The van der Waals surface area contributed by atoms with E-state index in [9.17, 15) is 31.1 Å². The summed E-state index contributed by atoms with van der Waals surface area (Å²) in [4.78, 5) is 21.0. The molecule has 180 valence electrons. The third kappa shape index (κ3) is 5.89. The number of carbonyl (C=O) groups is 1. The second kappa shape index (κ2) is 9.28. The van der Waals surface area contributed by atoms with E-state index < -0.39 is 43.0 Å². The van der Waals surface area contributed by atoms with Crippen molar-refractivity contribution < 1.29 is 36.0 Å². The number of nitrogens with one attached hydrogen (secondary N) is 2. The third-order valence-corrected chi connectivity index (χ3v) is 5.78. The first-order valence-corrected chi connectivity index (χ1v) is 10.7. The van der Waals surface area contributed by atoms with E-state index in [4.69, 9.17) is 28.0 Å². The largest absolute Gasteiger partial charge is 0.435 e. The number of rotatable bonds is 6. The monoisotopic (exact) mass is 534 g/mol. The molecule has 0 bridgehead atoms. The number of thiazole rings is 1. The van der Waals surface area contributed by atoms with E-state index in [0.717, 1.165) is 23.5 Å². The third-order valence-electron chi connectivity index (χ3n) is 4.45. The summed E-state index contributed by atoms with van der Waals surface area (Å²) in [5.41, 5.74) is -3.59. The van der Waals surface area contributed by atoms with Crippen LogP contribution in [0.15, 0.2) is 28.7 Å². The van der Waals surface area contributed by atoms with Gasteiger partial charge in [-0.1, -0.05) is 28.4 Å². The molecule has 2 unspecified atom stereocenters. The van der Waals surface area contributed by atoms with E-state index in [1.807, 2.05) is 0 Å². The van der Waals surface area contributed by atoms with Crippen molar-refractivity contribution in [3.05, 3.63) is 49.9 Å². The fourth-order valence-electron chi connectivity index (χ4n) is 2.91. The molecule has 1 amide bonds. The van der Waals surface area contributed by atoms with Gasteiger partial charge in [-0.05, 0) is 25.1 Å². The van der Waals surface area contributed by atoms with Gasteiger partial charge in [0.25, 0.3) is 11.5 Å². The van der Waals surface area contributed by atoms with E-state index in [0.29, 0.717) is 0 Å². The van der Waals surface area contributed by atoms with Crippen LogP contribution in [0, 0.1) is 0 Å². The number of nitrogens with zero attached hydrogens (tertiary/aromatic N) is 2. The minimum absolute atomic E-state index is 0.0182. The van der Waals surface area contributed by atoms with Crippen molar-refractivity contribution in [2.75, 3.05) is 6.54 Å². The predicted octanol–water partition coefficient (Wildman–Crippen LogP) is 5.26. The smallest absolute Gasteiger partial charge is 0.374 e. The van der Waals surface area contributed by atoms with Crippen LogP contribution in [-0.2, 0) is 10.4 Å². The predicted molar refractivity (Wildman–Crippen MR) is 110 cm³/mol. The van der Waals surface area contributed by atoms with E-state index in [2.05, 4.69) is 20.8 Å². The van der Waals surface area contributed by atoms with Gasteiger partial charge < -0.3 is 10.2 Å². The number of oxime groups is 1. The fourth-order valence-corrected chi connectivity index (χ4v) is 4.21. The molecular weight excluding hydrogens is 521 g/mol. The molecule has 2 N–H and O–H groups in total. The first-order valence-electron chi connectivity index (χ1n) is 9.05. The minimum Gasteiger partial charge on any atom is -0.374 e. The second-order valence-electron chi connectivity index (χ2n) is 7.02. The number of carbonyl (C=O) groups excluding carboxylic acids is 1. The Morgan fingerprint density at radius 2 is 1.85 bits per heavy atom. The van der Waals surface area contributed by atoms with Crippen LogP contribution in [0.25, 0.3) is 0 Å². The average Bonchev–Trinajstić information content (AvgIpc) is 3.32. The summed E-state index contributed by atoms with van der Waals surface area (Å²) in [6, 6.07) is 3.40. The Bertz CT molecular complexity index is 1050. The van der Waals surface area contributed by atoms with E-state index in [1.54, 1.807) is 0 Å². The molecule has 6 nitrogen and oxygen atoms in total. The quantitative estimate of drug-likeness (QED) is 0.391. The maximum absolute atomic E-state index is 14.0. The van der Waals surface area contributed by atoms with Crippen LogP contribution in [0.5, 0.6) is 0 Å². The Morgan fingerprint density at radius 1 is 1.21 bits per heavy atom. The van der Waals surface area contributed by atoms with Crippen molar-refractivity contribution >= 4 is 46.2 Å². The van der Waals surface area contributed by atoms with Gasteiger partial charge in [-0.25, -0.2) is 4.98 Å². The highest BCUT2D eigenvalue weighted by atomic mass is 35.5. The zero-order valence-corrected chi connectivity index (χ0v) is 18.8. The van der Waals surface area contributed by atoms with Crippen LogP contribution in [0.3, 0.4) is 0 Å². The summed E-state index contributed by atoms with van der Waals surface area (Å²) >= 11 is 12.5. The molecule has 0 spiro atoms. The summed E-state index contributed by atoms with van der Waals surface area (Å²) in [5, 5.41) is 9.04. The normalized spacial score (nSPS) is 19.7. The Hall–Kier alpha value is -2.09. The molecule has 2 atom stereocenters. The summed E-state index contributed by atoms with van der Waals surface area (Å²) in [7, 11) is 0. The number of aromatic nitrogens is 1. The van der Waals surface area contributed by atoms with Gasteiger partial charge in [0.1, 0.15) is 16.4 Å². The molecule has 2 heterocycles. The van der Waals surface area contributed by atoms with Crippen molar-refractivity contribution in [1.82, 2.24) is 15.6 Å². The van der Waals surface area contributed by atoms with E-state index in [1.165, 1.54) is 18.4 Å². The van der Waals surface area contributed by atoms with Gasteiger partial charge >= 0.3 is 12.4 Å². The lowest BCUT2D eigenvalue weighted by molar-refractivity contribution is -0.275. The standard InChI is InChI=1S/C18H14Cl2F6N4O2S/c1-8(27-7-17(21,22)23)28-14(31)13-6-33-15(29-13)12-5-16(32-30-12,18(24,25)26)9-2-10(19)4-11(20)3-9/h2-4,6,8,27H,5,7H2,1H3,(H,28,31). The Morgan fingerprint density at radius 3 is 2.42 bits per heavy atom. The minimum atomic E-state index is -4.90. The van der Waals surface area contributed by atoms with Crippen LogP contribution in [0.1, 0.15) is 34.4 Å². The number of hydrogen-bond acceptors (Lipinski definition) is 6. The van der Waals surface area contributed by atoms with Gasteiger partial charge in [-0.2, -0.15) is 26.3 Å². The number of hydrogen-bond donors (Lipinski definition) is 2. The summed E-state index contributed by atoms with van der Waals surface area (Å²) in [6.45, 7) is -0.0302. The molecule has 0 saturated carbocycles. The van der Waals surface area contributed by atoms with E-state index >= 15 is 0 Å². The lowest BCUT2D eigenvalue weighted by Gasteiger charge is -2.29. The molecule has 3 rings (SSSR count). The van der Waals surface area contributed by atoms with Gasteiger partial charge in [0.2, 0.25) is 0 Å². The van der Waals surface area contributed by atoms with Crippen molar-refractivity contribution in [3.8, 4) is 0 Å². The molecule has 2 aromatic rings. The number of alkyl halides is 6. The van der Waals surface area contributed by atoms with Gasteiger partial charge in [0.05, 0.1) is 19.1 Å². The molecule has 0 radical (unpaired) electrons. The highest BCUT2D eigenvalue weighted by Gasteiger charge is 2.62. The number of halogens is 8. The highest BCUT2D eigenvalue weighted by molar-refractivity contribution is 7.12. The van der Waals surface area contributed by atoms with Gasteiger partial charge in [-0.15, -0.1) is 11.3 Å². The maximum Gasteiger partial charge on any atom is 0.435 e. The van der Waals surface area contributed by atoms with Crippen molar-refractivity contribution in [2.24, 2.45) is 5.16 Å². The van der Waals surface area contributed by atoms with Crippen LogP contribution >= 0.6 is 34.5 Å². The van der Waals surface area contributed by atoms with Crippen LogP contribution in [0.4, 0.5) is 26.3 Å². The topological polar surface area (TPSA) is 75.6 Å². The van der Waals surface area contributed by atoms with Crippen molar-refractivity contribution in [1.29, 1.82) is 0 Å². The fraction of sp³-hybridized carbons (Fsp3) is 0.389. The average molecular weight is 535 g/mol. The molecule has 1 aromatic carbocycles. The van der Waals surface area contributed by atoms with Gasteiger partial charge in [0, 0.05) is 21.0 Å². The summed E-state index contributed by atoms with van der Waals surface area (Å²) < 4.78 is 78.9.